The molecule has 0 radical (unpaired) electrons. The Labute approximate surface area is 121 Å². The molecular weight excluding hydrogens is 284 g/mol. The largest absolute Gasteiger partial charge is 0.435 e. The Kier molecular flexibility index (Phi) is 4.52. The SMILES string of the molecule is Cc1ccc(OC(F)F)c(CSC2=NOC(C)(C)C2)c1. The molecule has 2 rings (SSSR count). The van der Waals surface area contributed by atoms with Gasteiger partial charge in [-0.3, -0.25) is 0 Å². The van der Waals surface area contributed by atoms with Crippen molar-refractivity contribution in [2.24, 2.45) is 5.16 Å². The summed E-state index contributed by atoms with van der Waals surface area (Å²) in [5.74, 6) is 0.749. The van der Waals surface area contributed by atoms with Gasteiger partial charge in [-0.1, -0.05) is 22.9 Å². The molecule has 0 amide bonds. The van der Waals surface area contributed by atoms with Gasteiger partial charge < -0.3 is 9.57 Å². The van der Waals surface area contributed by atoms with Crippen molar-refractivity contribution in [3.8, 4) is 5.75 Å². The normalized spacial score (nSPS) is 17.0. The highest BCUT2D eigenvalue weighted by Gasteiger charge is 2.29. The molecule has 1 heterocycles. The molecule has 0 saturated heterocycles. The Bertz CT molecular complexity index is 518. The summed E-state index contributed by atoms with van der Waals surface area (Å²) in [6, 6.07) is 5.19. The van der Waals surface area contributed by atoms with Crippen LogP contribution < -0.4 is 4.74 Å². The number of ether oxygens (including phenoxy) is 1. The minimum Gasteiger partial charge on any atom is -0.435 e. The second-order valence-corrected chi connectivity index (χ2v) is 6.34. The fraction of sp³-hybridized carbons (Fsp3) is 0.500. The van der Waals surface area contributed by atoms with Gasteiger partial charge in [0.25, 0.3) is 0 Å². The first-order chi connectivity index (χ1) is 9.35. The molecular formula is C14H17F2NO2S. The molecule has 1 aliphatic heterocycles. The van der Waals surface area contributed by atoms with E-state index in [9.17, 15) is 8.78 Å². The first-order valence-electron chi connectivity index (χ1n) is 6.28. The summed E-state index contributed by atoms with van der Waals surface area (Å²) in [6.45, 7) is 3.02. The van der Waals surface area contributed by atoms with Gasteiger partial charge in [-0.15, -0.1) is 11.8 Å². The minimum absolute atomic E-state index is 0.219. The van der Waals surface area contributed by atoms with Crippen LogP contribution in [0, 0.1) is 6.92 Å². The smallest absolute Gasteiger partial charge is 0.387 e. The third-order valence-corrected chi connectivity index (χ3v) is 3.81. The number of aryl methyl sites for hydroxylation is 1. The molecule has 0 atom stereocenters. The highest BCUT2D eigenvalue weighted by Crippen LogP contribution is 2.32. The van der Waals surface area contributed by atoms with E-state index in [1.165, 1.54) is 11.8 Å². The number of hydrogen-bond acceptors (Lipinski definition) is 4. The molecule has 1 aliphatic rings. The van der Waals surface area contributed by atoms with Crippen molar-refractivity contribution in [3.63, 3.8) is 0 Å². The lowest BCUT2D eigenvalue weighted by molar-refractivity contribution is -0.0503. The summed E-state index contributed by atoms with van der Waals surface area (Å²) in [5.41, 5.74) is 1.46. The topological polar surface area (TPSA) is 30.8 Å². The van der Waals surface area contributed by atoms with Crippen molar-refractivity contribution < 1.29 is 18.4 Å². The van der Waals surface area contributed by atoms with Gasteiger partial charge in [0.05, 0.1) is 0 Å². The zero-order valence-corrected chi connectivity index (χ0v) is 12.5. The lowest BCUT2D eigenvalue weighted by atomic mass is 10.1. The number of halogens is 2. The third kappa shape index (κ3) is 4.10. The van der Waals surface area contributed by atoms with Gasteiger partial charge in [0, 0.05) is 17.7 Å². The summed E-state index contributed by atoms with van der Waals surface area (Å²) in [5, 5.41) is 4.88. The molecule has 1 aromatic carbocycles. The van der Waals surface area contributed by atoms with E-state index in [0.29, 0.717) is 5.75 Å². The fourth-order valence-corrected chi connectivity index (χ4v) is 2.96. The summed E-state index contributed by atoms with van der Waals surface area (Å²) >= 11 is 1.49. The van der Waals surface area contributed by atoms with E-state index in [4.69, 9.17) is 4.84 Å². The van der Waals surface area contributed by atoms with Gasteiger partial charge in [-0.05, 0) is 26.8 Å². The molecule has 0 aromatic heterocycles. The fourth-order valence-electron chi connectivity index (χ4n) is 1.87. The molecule has 0 bridgehead atoms. The van der Waals surface area contributed by atoms with E-state index >= 15 is 0 Å². The number of oxime groups is 1. The Hall–Kier alpha value is -1.30. The zero-order chi connectivity index (χ0) is 14.8. The van der Waals surface area contributed by atoms with Crippen LogP contribution in [0.15, 0.2) is 23.4 Å². The second kappa shape index (κ2) is 5.99. The van der Waals surface area contributed by atoms with Crippen molar-refractivity contribution in [1.82, 2.24) is 0 Å². The van der Waals surface area contributed by atoms with Gasteiger partial charge in [0.2, 0.25) is 0 Å². The first-order valence-corrected chi connectivity index (χ1v) is 7.26. The average molecular weight is 301 g/mol. The Morgan fingerprint density at radius 1 is 1.45 bits per heavy atom. The van der Waals surface area contributed by atoms with Crippen LogP contribution in [0.1, 0.15) is 31.4 Å². The molecule has 0 aliphatic carbocycles. The second-order valence-electron chi connectivity index (χ2n) is 5.29. The minimum atomic E-state index is -2.81. The number of thioether (sulfide) groups is 1. The van der Waals surface area contributed by atoms with Crippen molar-refractivity contribution in [2.45, 2.75) is 45.2 Å². The Morgan fingerprint density at radius 2 is 2.20 bits per heavy atom. The summed E-state index contributed by atoms with van der Waals surface area (Å²) < 4.78 is 29.3. The maximum atomic E-state index is 12.4. The van der Waals surface area contributed by atoms with E-state index < -0.39 is 6.61 Å². The highest BCUT2D eigenvalue weighted by molar-refractivity contribution is 8.13. The molecule has 3 nitrogen and oxygen atoms in total. The molecule has 20 heavy (non-hydrogen) atoms. The lowest BCUT2D eigenvalue weighted by Gasteiger charge is -2.13. The van der Waals surface area contributed by atoms with Gasteiger partial charge in [-0.2, -0.15) is 8.78 Å². The van der Waals surface area contributed by atoms with E-state index in [0.717, 1.165) is 22.6 Å². The quantitative estimate of drug-likeness (QED) is 0.828. The summed E-state index contributed by atoms with van der Waals surface area (Å²) in [4.78, 5) is 5.28. The predicted octanol–water partition coefficient (Wildman–Crippen LogP) is 4.34. The van der Waals surface area contributed by atoms with E-state index in [-0.39, 0.29) is 11.4 Å². The van der Waals surface area contributed by atoms with Crippen LogP contribution in [0.5, 0.6) is 5.75 Å². The van der Waals surface area contributed by atoms with Crippen LogP contribution in [0.4, 0.5) is 8.78 Å². The van der Waals surface area contributed by atoms with Gasteiger partial charge in [-0.25, -0.2) is 0 Å². The molecule has 0 unspecified atom stereocenters. The molecule has 0 N–H and O–H groups in total. The maximum Gasteiger partial charge on any atom is 0.387 e. The number of nitrogens with zero attached hydrogens (tertiary/aromatic N) is 1. The Balaban J connectivity index is 2.03. The number of benzene rings is 1. The molecule has 0 spiro atoms. The molecule has 0 saturated carbocycles. The van der Waals surface area contributed by atoms with Gasteiger partial charge in [0.15, 0.2) is 0 Å². The van der Waals surface area contributed by atoms with Crippen LogP contribution in [0.25, 0.3) is 0 Å². The monoisotopic (exact) mass is 301 g/mol. The van der Waals surface area contributed by atoms with Crippen LogP contribution in [0.3, 0.4) is 0 Å². The van der Waals surface area contributed by atoms with E-state index in [2.05, 4.69) is 9.89 Å². The molecule has 0 fully saturated rings. The third-order valence-electron chi connectivity index (χ3n) is 2.80. The van der Waals surface area contributed by atoms with Crippen molar-refractivity contribution in [1.29, 1.82) is 0 Å². The standard InChI is InChI=1S/C14H17F2NO2S/c1-9-4-5-11(18-13(15)16)10(6-9)8-20-12-7-14(2,3)19-17-12/h4-6,13H,7-8H2,1-3H3. The lowest BCUT2D eigenvalue weighted by Crippen LogP contribution is -2.18. The first kappa shape index (κ1) is 15.1. The molecule has 110 valence electrons. The number of alkyl halides is 2. The van der Waals surface area contributed by atoms with Crippen LogP contribution in [-0.4, -0.2) is 17.3 Å². The van der Waals surface area contributed by atoms with E-state index in [1.54, 1.807) is 12.1 Å². The van der Waals surface area contributed by atoms with Crippen molar-refractivity contribution >= 4 is 16.8 Å². The summed E-state index contributed by atoms with van der Waals surface area (Å²) in [6.07, 6.45) is 0.731. The molecule has 1 aromatic rings. The molecule has 6 heteroatoms. The Morgan fingerprint density at radius 3 is 2.80 bits per heavy atom. The number of rotatable bonds is 4. The van der Waals surface area contributed by atoms with Crippen molar-refractivity contribution in [2.75, 3.05) is 0 Å². The van der Waals surface area contributed by atoms with E-state index in [1.807, 2.05) is 26.8 Å². The predicted molar refractivity (Wildman–Crippen MR) is 76.3 cm³/mol. The van der Waals surface area contributed by atoms with Crippen LogP contribution >= 0.6 is 11.8 Å². The van der Waals surface area contributed by atoms with Crippen LogP contribution in [-0.2, 0) is 10.6 Å². The highest BCUT2D eigenvalue weighted by atomic mass is 32.2. The summed E-state index contributed by atoms with van der Waals surface area (Å²) in [7, 11) is 0. The maximum absolute atomic E-state index is 12.4. The van der Waals surface area contributed by atoms with Gasteiger partial charge >= 0.3 is 6.61 Å². The van der Waals surface area contributed by atoms with Gasteiger partial charge in [0.1, 0.15) is 16.4 Å². The average Bonchev–Trinajstić information content (AvgIpc) is 2.69. The number of hydrogen-bond donors (Lipinski definition) is 0. The zero-order valence-electron chi connectivity index (χ0n) is 11.7. The van der Waals surface area contributed by atoms with Crippen LogP contribution in [0.2, 0.25) is 0 Å². The van der Waals surface area contributed by atoms with Crippen molar-refractivity contribution in [3.05, 3.63) is 29.3 Å².